The van der Waals surface area contributed by atoms with Crippen molar-refractivity contribution in [3.63, 3.8) is 0 Å². The number of hydrogen-bond acceptors (Lipinski definition) is 3. The average molecular weight is 344 g/mol. The van der Waals surface area contributed by atoms with Crippen molar-refractivity contribution in [1.29, 1.82) is 0 Å². The molecule has 2 atom stereocenters. The lowest BCUT2D eigenvalue weighted by atomic mass is 9.85. The molecule has 2 aromatic rings. The topological polar surface area (TPSA) is 70.4 Å². The molecule has 0 aliphatic carbocycles. The van der Waals surface area contributed by atoms with E-state index in [4.69, 9.17) is 0 Å². The van der Waals surface area contributed by atoms with Crippen molar-refractivity contribution in [1.82, 2.24) is 14.5 Å². The fraction of sp³-hybridized carbons (Fsp3) is 0.444. The highest BCUT2D eigenvalue weighted by Crippen LogP contribution is 2.45. The van der Waals surface area contributed by atoms with Crippen LogP contribution in [0.5, 0.6) is 0 Å². The van der Waals surface area contributed by atoms with Gasteiger partial charge in [0.25, 0.3) is 0 Å². The largest absolute Gasteiger partial charge is 0.382 e. The van der Waals surface area contributed by atoms with Gasteiger partial charge in [0.15, 0.2) is 0 Å². The molecule has 1 aromatic heterocycles. The van der Waals surface area contributed by atoms with E-state index in [1.165, 1.54) is 6.07 Å². The van der Waals surface area contributed by atoms with E-state index in [2.05, 4.69) is 10.3 Å². The third kappa shape index (κ3) is 2.68. The van der Waals surface area contributed by atoms with Gasteiger partial charge in [-0.25, -0.2) is 14.2 Å². The monoisotopic (exact) mass is 344 g/mol. The Labute approximate surface area is 145 Å². The van der Waals surface area contributed by atoms with Crippen LogP contribution in [0, 0.1) is 5.82 Å². The van der Waals surface area contributed by atoms with Crippen molar-refractivity contribution in [2.45, 2.75) is 43.4 Å². The Balaban J connectivity index is 1.54. The number of halogens is 1. The van der Waals surface area contributed by atoms with E-state index in [1.54, 1.807) is 29.3 Å². The molecule has 2 aliphatic rings. The summed E-state index contributed by atoms with van der Waals surface area (Å²) in [6, 6.07) is 5.68. The molecule has 6 nitrogen and oxygen atoms in total. The van der Waals surface area contributed by atoms with Crippen molar-refractivity contribution < 1.29 is 14.3 Å². The predicted molar refractivity (Wildman–Crippen MR) is 90.4 cm³/mol. The van der Waals surface area contributed by atoms with Gasteiger partial charge in [-0.2, -0.15) is 0 Å². The molecule has 132 valence electrons. The van der Waals surface area contributed by atoms with Crippen molar-refractivity contribution in [2.75, 3.05) is 5.32 Å². The van der Waals surface area contributed by atoms with E-state index >= 15 is 0 Å². The highest BCUT2D eigenvalue weighted by molar-refractivity contribution is 5.90. The van der Waals surface area contributed by atoms with Gasteiger partial charge in [-0.05, 0) is 25.0 Å². The van der Waals surface area contributed by atoms with Crippen molar-refractivity contribution in [3.8, 4) is 0 Å². The van der Waals surface area contributed by atoms with Crippen molar-refractivity contribution in [3.05, 3.63) is 48.3 Å². The molecule has 2 fully saturated rings. The molecule has 2 unspecified atom stereocenters. The number of imidazole rings is 1. The zero-order chi connectivity index (χ0) is 17.6. The molecule has 3 heterocycles. The Morgan fingerprint density at radius 1 is 1.32 bits per heavy atom. The van der Waals surface area contributed by atoms with Crippen LogP contribution in [-0.2, 0) is 12.6 Å². The zero-order valence-electron chi connectivity index (χ0n) is 14.0. The maximum atomic E-state index is 13.8. The molecule has 2 aliphatic heterocycles. The second-order valence-corrected chi connectivity index (χ2v) is 7.00. The minimum Gasteiger partial charge on any atom is -0.382 e. The lowest BCUT2D eigenvalue weighted by Gasteiger charge is -2.43. The standard InChI is InChI=1S/C18H21FN4O2/c1-22-9-8-20-16(22)18(25)10-12-6-7-13(11-18)23(12)17(24)21-15-5-3-2-4-14(15)19/h2-5,8-9,12-13,25H,6-7,10-11H2,1H3,(H,21,24). The van der Waals surface area contributed by atoms with Gasteiger partial charge in [0.2, 0.25) is 0 Å². The van der Waals surface area contributed by atoms with Crippen LogP contribution in [0.25, 0.3) is 0 Å². The number of carbonyl (C=O) groups excluding carboxylic acids is 1. The maximum Gasteiger partial charge on any atom is 0.322 e. The zero-order valence-corrected chi connectivity index (χ0v) is 14.0. The van der Waals surface area contributed by atoms with Crippen LogP contribution in [0.15, 0.2) is 36.7 Å². The molecule has 0 spiro atoms. The minimum absolute atomic E-state index is 0.0766. The summed E-state index contributed by atoms with van der Waals surface area (Å²) in [5, 5.41) is 13.8. The molecule has 2 N–H and O–H groups in total. The summed E-state index contributed by atoms with van der Waals surface area (Å²) in [6.45, 7) is 0. The number of benzene rings is 1. The number of rotatable bonds is 2. The summed E-state index contributed by atoms with van der Waals surface area (Å²) in [5.74, 6) is 0.184. The van der Waals surface area contributed by atoms with Gasteiger partial charge < -0.3 is 19.9 Å². The number of aromatic nitrogens is 2. The summed E-state index contributed by atoms with van der Waals surface area (Å²) < 4.78 is 15.6. The summed E-state index contributed by atoms with van der Waals surface area (Å²) in [6.07, 6.45) is 6.04. The maximum absolute atomic E-state index is 13.8. The number of para-hydroxylation sites is 1. The van der Waals surface area contributed by atoms with E-state index in [0.29, 0.717) is 18.7 Å². The number of aliphatic hydroxyl groups is 1. The normalized spacial score (nSPS) is 28.2. The lowest BCUT2D eigenvalue weighted by Crippen LogP contribution is -2.53. The minimum atomic E-state index is -1.03. The third-order valence-electron chi connectivity index (χ3n) is 5.35. The number of aryl methyl sites for hydroxylation is 1. The van der Waals surface area contributed by atoms with E-state index in [9.17, 15) is 14.3 Å². The molecule has 2 amide bonds. The fourth-order valence-corrected chi connectivity index (χ4v) is 4.30. The first-order valence-corrected chi connectivity index (χ1v) is 8.52. The lowest BCUT2D eigenvalue weighted by molar-refractivity contribution is -0.0505. The van der Waals surface area contributed by atoms with Crippen LogP contribution in [-0.4, -0.2) is 37.7 Å². The molecule has 2 bridgehead atoms. The van der Waals surface area contributed by atoms with Crippen molar-refractivity contribution in [2.24, 2.45) is 7.05 Å². The first-order valence-electron chi connectivity index (χ1n) is 8.52. The molecular weight excluding hydrogens is 323 g/mol. The number of carbonyl (C=O) groups is 1. The summed E-state index contributed by atoms with van der Waals surface area (Å²) >= 11 is 0. The second kappa shape index (κ2) is 5.84. The predicted octanol–water partition coefficient (Wildman–Crippen LogP) is 2.61. The van der Waals surface area contributed by atoms with Crippen LogP contribution in [0.1, 0.15) is 31.5 Å². The number of anilines is 1. The SMILES string of the molecule is Cn1ccnc1C1(O)CC2CCC(C1)N2C(=O)Nc1ccccc1F. The first-order chi connectivity index (χ1) is 12.0. The molecular formula is C18H21FN4O2. The van der Waals surface area contributed by atoms with Gasteiger partial charge in [-0.15, -0.1) is 0 Å². The summed E-state index contributed by atoms with van der Waals surface area (Å²) in [7, 11) is 1.86. The Morgan fingerprint density at radius 2 is 2.00 bits per heavy atom. The van der Waals surface area contributed by atoms with Gasteiger partial charge in [0.05, 0.1) is 5.69 Å². The Bertz CT molecular complexity index is 792. The van der Waals surface area contributed by atoms with Crippen LogP contribution in [0.3, 0.4) is 0 Å². The molecule has 25 heavy (non-hydrogen) atoms. The molecule has 0 saturated carbocycles. The highest BCUT2D eigenvalue weighted by Gasteiger charge is 2.51. The number of hydrogen-bond donors (Lipinski definition) is 2. The van der Waals surface area contributed by atoms with Crippen LogP contribution in [0.2, 0.25) is 0 Å². The molecule has 2 saturated heterocycles. The van der Waals surface area contributed by atoms with Crippen LogP contribution < -0.4 is 5.32 Å². The number of piperidine rings is 1. The Kier molecular flexibility index (Phi) is 3.76. The molecule has 4 rings (SSSR count). The van der Waals surface area contributed by atoms with E-state index in [-0.39, 0.29) is 23.8 Å². The summed E-state index contributed by atoms with van der Waals surface area (Å²) in [5.41, 5.74) is -0.851. The summed E-state index contributed by atoms with van der Waals surface area (Å²) in [4.78, 5) is 18.8. The highest BCUT2D eigenvalue weighted by atomic mass is 19.1. The number of urea groups is 1. The van der Waals surface area contributed by atoms with Gasteiger partial charge in [-0.1, -0.05) is 12.1 Å². The van der Waals surface area contributed by atoms with Crippen LogP contribution in [0.4, 0.5) is 14.9 Å². The average Bonchev–Trinajstić information content (AvgIpc) is 3.12. The van der Waals surface area contributed by atoms with Gasteiger partial charge in [0.1, 0.15) is 17.2 Å². The van der Waals surface area contributed by atoms with Gasteiger partial charge >= 0.3 is 6.03 Å². The Morgan fingerprint density at radius 3 is 2.60 bits per heavy atom. The fourth-order valence-electron chi connectivity index (χ4n) is 4.30. The quantitative estimate of drug-likeness (QED) is 0.880. The van der Waals surface area contributed by atoms with E-state index in [0.717, 1.165) is 12.8 Å². The second-order valence-electron chi connectivity index (χ2n) is 7.00. The molecule has 0 radical (unpaired) electrons. The van der Waals surface area contributed by atoms with Crippen LogP contribution >= 0.6 is 0 Å². The number of nitrogens with one attached hydrogen (secondary N) is 1. The molecule has 1 aromatic carbocycles. The number of amides is 2. The first kappa shape index (κ1) is 16.1. The van der Waals surface area contributed by atoms with E-state index < -0.39 is 11.4 Å². The number of fused-ring (bicyclic) bond motifs is 2. The molecule has 7 heteroatoms. The van der Waals surface area contributed by atoms with Gasteiger partial charge in [-0.3, -0.25) is 0 Å². The smallest absolute Gasteiger partial charge is 0.322 e. The van der Waals surface area contributed by atoms with E-state index in [1.807, 2.05) is 17.8 Å². The third-order valence-corrected chi connectivity index (χ3v) is 5.35. The number of nitrogens with zero attached hydrogens (tertiary/aromatic N) is 3. The van der Waals surface area contributed by atoms with Gasteiger partial charge in [0, 0.05) is 44.4 Å². The van der Waals surface area contributed by atoms with Crippen molar-refractivity contribution >= 4 is 11.7 Å². The Hall–Kier alpha value is -2.41.